The van der Waals surface area contributed by atoms with E-state index in [1.54, 1.807) is 4.90 Å². The molecule has 0 saturated carbocycles. The maximum absolute atomic E-state index is 12.6. The number of carbonyl (C=O) groups excluding carboxylic acids is 2. The van der Waals surface area contributed by atoms with Crippen molar-refractivity contribution in [1.29, 1.82) is 0 Å². The van der Waals surface area contributed by atoms with Crippen LogP contribution in [0.4, 0.5) is 0 Å². The third kappa shape index (κ3) is 4.40. The lowest BCUT2D eigenvalue weighted by molar-refractivity contribution is -0.153. The molecule has 0 unspecified atom stereocenters. The highest BCUT2D eigenvalue weighted by Gasteiger charge is 2.43. The summed E-state index contributed by atoms with van der Waals surface area (Å²) in [6, 6.07) is 9.82. The molecule has 2 fully saturated rings. The number of benzene rings is 1. The van der Waals surface area contributed by atoms with Gasteiger partial charge >= 0.3 is 0 Å². The summed E-state index contributed by atoms with van der Waals surface area (Å²) >= 11 is 0. The molecule has 2 amide bonds. The van der Waals surface area contributed by atoms with Gasteiger partial charge in [0.05, 0.1) is 0 Å². The minimum Gasteiger partial charge on any atom is -0.342 e. The van der Waals surface area contributed by atoms with Crippen molar-refractivity contribution >= 4 is 11.8 Å². The Morgan fingerprint density at radius 1 is 1.16 bits per heavy atom. The molecule has 0 aromatic heterocycles. The van der Waals surface area contributed by atoms with E-state index in [9.17, 15) is 9.59 Å². The Hall–Kier alpha value is -1.88. The molecule has 2 saturated heterocycles. The van der Waals surface area contributed by atoms with Crippen molar-refractivity contribution in [2.45, 2.75) is 45.2 Å². The van der Waals surface area contributed by atoms with Crippen molar-refractivity contribution in [3.8, 4) is 0 Å². The average Bonchev–Trinajstić information content (AvgIpc) is 2.60. The van der Waals surface area contributed by atoms with E-state index < -0.39 is 0 Å². The number of rotatable bonds is 6. The fraction of sp³-hybridized carbons (Fsp3) is 0.600. The highest BCUT2D eigenvalue weighted by Crippen LogP contribution is 2.19. The molecule has 2 aliphatic heterocycles. The number of amides is 2. The molecular formula is C20H29N3O2. The van der Waals surface area contributed by atoms with Gasteiger partial charge in [0, 0.05) is 19.6 Å². The van der Waals surface area contributed by atoms with Gasteiger partial charge < -0.3 is 10.2 Å². The molecule has 0 radical (unpaired) electrons. The molecule has 0 bridgehead atoms. The van der Waals surface area contributed by atoms with E-state index in [0.29, 0.717) is 25.4 Å². The summed E-state index contributed by atoms with van der Waals surface area (Å²) in [4.78, 5) is 29.2. The molecule has 2 heterocycles. The summed E-state index contributed by atoms with van der Waals surface area (Å²) in [6.45, 7) is 7.30. The van der Waals surface area contributed by atoms with Gasteiger partial charge in [-0.1, -0.05) is 44.2 Å². The number of carbonyl (C=O) groups is 2. The van der Waals surface area contributed by atoms with Crippen LogP contribution in [0.25, 0.3) is 0 Å². The molecule has 0 aliphatic carbocycles. The SMILES string of the molecule is CC(C)C[C@H]1NC(=O)[C@H]2CN(CCCc3ccccc3)CCN2C1=O. The number of hydrogen-bond acceptors (Lipinski definition) is 3. The lowest BCUT2D eigenvalue weighted by Gasteiger charge is -2.45. The van der Waals surface area contributed by atoms with Gasteiger partial charge in [-0.15, -0.1) is 0 Å². The number of hydrogen-bond donors (Lipinski definition) is 1. The van der Waals surface area contributed by atoms with Gasteiger partial charge in [-0.05, 0) is 37.3 Å². The molecule has 1 aromatic carbocycles. The minimum atomic E-state index is -0.339. The third-order valence-corrected chi connectivity index (χ3v) is 5.15. The highest BCUT2D eigenvalue weighted by molar-refractivity contribution is 5.97. The van der Waals surface area contributed by atoms with Crippen LogP contribution in [0.2, 0.25) is 0 Å². The fourth-order valence-corrected chi connectivity index (χ4v) is 3.84. The normalized spacial score (nSPS) is 24.4. The number of nitrogens with zero attached hydrogens (tertiary/aromatic N) is 2. The first-order chi connectivity index (χ1) is 12.0. The highest BCUT2D eigenvalue weighted by atomic mass is 16.2. The summed E-state index contributed by atoms with van der Waals surface area (Å²) in [7, 11) is 0. The lowest BCUT2D eigenvalue weighted by atomic mass is 9.97. The Labute approximate surface area is 150 Å². The Kier molecular flexibility index (Phi) is 5.74. The van der Waals surface area contributed by atoms with E-state index in [-0.39, 0.29) is 23.9 Å². The summed E-state index contributed by atoms with van der Waals surface area (Å²) in [6.07, 6.45) is 2.84. The maximum atomic E-state index is 12.6. The van der Waals surface area contributed by atoms with Crippen LogP contribution in [0.1, 0.15) is 32.3 Å². The van der Waals surface area contributed by atoms with Crippen LogP contribution < -0.4 is 5.32 Å². The summed E-state index contributed by atoms with van der Waals surface area (Å²) in [5.41, 5.74) is 1.35. The Morgan fingerprint density at radius 2 is 1.92 bits per heavy atom. The second-order valence-electron chi connectivity index (χ2n) is 7.63. The van der Waals surface area contributed by atoms with Crippen LogP contribution in [0.3, 0.4) is 0 Å². The Morgan fingerprint density at radius 3 is 2.64 bits per heavy atom. The van der Waals surface area contributed by atoms with Gasteiger partial charge in [0.1, 0.15) is 12.1 Å². The van der Waals surface area contributed by atoms with Gasteiger partial charge in [0.15, 0.2) is 0 Å². The first-order valence-electron chi connectivity index (χ1n) is 9.41. The van der Waals surface area contributed by atoms with Crippen LogP contribution >= 0.6 is 0 Å². The van der Waals surface area contributed by atoms with Crippen molar-refractivity contribution < 1.29 is 9.59 Å². The topological polar surface area (TPSA) is 52.7 Å². The van der Waals surface area contributed by atoms with E-state index in [4.69, 9.17) is 0 Å². The second kappa shape index (κ2) is 8.00. The van der Waals surface area contributed by atoms with E-state index in [2.05, 4.69) is 48.3 Å². The van der Waals surface area contributed by atoms with Crippen molar-refractivity contribution in [2.75, 3.05) is 26.2 Å². The first kappa shape index (κ1) is 17.9. The van der Waals surface area contributed by atoms with Gasteiger partial charge in [-0.25, -0.2) is 0 Å². The molecule has 1 aromatic rings. The molecule has 25 heavy (non-hydrogen) atoms. The molecule has 0 spiro atoms. The van der Waals surface area contributed by atoms with Crippen LogP contribution in [-0.2, 0) is 16.0 Å². The van der Waals surface area contributed by atoms with Crippen molar-refractivity contribution in [2.24, 2.45) is 5.92 Å². The number of piperazine rings is 2. The van der Waals surface area contributed by atoms with Crippen molar-refractivity contribution in [3.63, 3.8) is 0 Å². The summed E-state index contributed by atoms with van der Waals surface area (Å²) in [5.74, 6) is 0.505. The van der Waals surface area contributed by atoms with E-state index >= 15 is 0 Å². The molecule has 5 nitrogen and oxygen atoms in total. The molecule has 5 heteroatoms. The van der Waals surface area contributed by atoms with Gasteiger partial charge in [0.2, 0.25) is 11.8 Å². The zero-order valence-corrected chi connectivity index (χ0v) is 15.3. The summed E-state index contributed by atoms with van der Waals surface area (Å²) < 4.78 is 0. The molecular weight excluding hydrogens is 314 g/mol. The van der Waals surface area contributed by atoms with Crippen LogP contribution in [0, 0.1) is 5.92 Å². The predicted molar refractivity (Wildman–Crippen MR) is 98.1 cm³/mol. The number of aryl methyl sites for hydroxylation is 1. The monoisotopic (exact) mass is 343 g/mol. The molecule has 136 valence electrons. The van der Waals surface area contributed by atoms with Crippen LogP contribution in [-0.4, -0.2) is 59.9 Å². The van der Waals surface area contributed by atoms with E-state index in [1.165, 1.54) is 5.56 Å². The smallest absolute Gasteiger partial charge is 0.245 e. The van der Waals surface area contributed by atoms with Crippen LogP contribution in [0.5, 0.6) is 0 Å². The quantitative estimate of drug-likeness (QED) is 0.855. The Balaban J connectivity index is 1.51. The van der Waals surface area contributed by atoms with Gasteiger partial charge in [-0.2, -0.15) is 0 Å². The van der Waals surface area contributed by atoms with Crippen molar-refractivity contribution in [3.05, 3.63) is 35.9 Å². The first-order valence-corrected chi connectivity index (χ1v) is 9.41. The third-order valence-electron chi connectivity index (χ3n) is 5.15. The second-order valence-corrected chi connectivity index (χ2v) is 7.63. The maximum Gasteiger partial charge on any atom is 0.245 e. The number of nitrogens with one attached hydrogen (secondary N) is 1. The lowest BCUT2D eigenvalue weighted by Crippen LogP contribution is -2.69. The fourth-order valence-electron chi connectivity index (χ4n) is 3.84. The largest absolute Gasteiger partial charge is 0.342 e. The molecule has 3 rings (SSSR count). The van der Waals surface area contributed by atoms with Crippen molar-refractivity contribution in [1.82, 2.24) is 15.1 Å². The van der Waals surface area contributed by atoms with E-state index in [0.717, 1.165) is 25.9 Å². The predicted octanol–water partition coefficient (Wildman–Crippen LogP) is 1.68. The summed E-state index contributed by atoms with van der Waals surface area (Å²) in [5, 5.41) is 2.94. The molecule has 2 aliphatic rings. The molecule has 2 atom stereocenters. The molecule has 1 N–H and O–H groups in total. The Bertz CT molecular complexity index is 602. The zero-order valence-electron chi connectivity index (χ0n) is 15.3. The van der Waals surface area contributed by atoms with E-state index in [1.807, 2.05) is 6.07 Å². The standard InChI is InChI=1S/C20H29N3O2/c1-15(2)13-17-20(25)23-12-11-22(14-18(23)19(24)21-17)10-6-9-16-7-4-3-5-8-16/h3-5,7-8,15,17-18H,6,9-14H2,1-2H3,(H,21,24)/t17-,18-/m1/s1. The van der Waals surface area contributed by atoms with Crippen LogP contribution in [0.15, 0.2) is 30.3 Å². The minimum absolute atomic E-state index is 0.0120. The van der Waals surface area contributed by atoms with Gasteiger partial charge in [0.25, 0.3) is 0 Å². The average molecular weight is 343 g/mol. The van der Waals surface area contributed by atoms with Gasteiger partial charge in [-0.3, -0.25) is 14.5 Å². The zero-order chi connectivity index (χ0) is 17.8. The number of fused-ring (bicyclic) bond motifs is 1.